The maximum absolute atomic E-state index is 13.2. The van der Waals surface area contributed by atoms with Crippen LogP contribution in [0.1, 0.15) is 69.2 Å². The molecular formula is C21H46O5Si2. The van der Waals surface area contributed by atoms with Gasteiger partial charge in [-0.3, -0.25) is 4.79 Å². The van der Waals surface area contributed by atoms with Gasteiger partial charge >= 0.3 is 8.80 Å². The monoisotopic (exact) mass is 434 g/mol. The van der Waals surface area contributed by atoms with Gasteiger partial charge in [0.15, 0.2) is 0 Å². The second kappa shape index (κ2) is 13.2. The standard InChI is InChI=1S/C21H46O5Si2/c1-11-23-28(24-12-2,25-13-3)16-20(10)21(22)26-27(19(8)9,14-17(4)5)15-18(6)7/h17-20H,11-16H2,1-10H3. The molecule has 1 atom stereocenters. The Morgan fingerprint density at radius 2 is 1.11 bits per heavy atom. The fourth-order valence-electron chi connectivity index (χ4n) is 3.86. The first kappa shape index (κ1) is 27.8. The van der Waals surface area contributed by atoms with Gasteiger partial charge in [0.25, 0.3) is 14.3 Å². The lowest BCUT2D eigenvalue weighted by atomic mass is 10.2. The van der Waals surface area contributed by atoms with Crippen LogP contribution in [0.4, 0.5) is 0 Å². The van der Waals surface area contributed by atoms with Crippen LogP contribution in [0.25, 0.3) is 0 Å². The molecule has 7 heteroatoms. The lowest BCUT2D eigenvalue weighted by molar-refractivity contribution is -0.139. The van der Waals surface area contributed by atoms with Crippen LogP contribution in [0.3, 0.4) is 0 Å². The third-order valence-electron chi connectivity index (χ3n) is 4.91. The van der Waals surface area contributed by atoms with E-state index in [1.807, 2.05) is 27.7 Å². The molecule has 0 aliphatic rings. The zero-order valence-corrected chi connectivity index (χ0v) is 22.1. The van der Waals surface area contributed by atoms with Crippen molar-refractivity contribution in [1.29, 1.82) is 0 Å². The molecule has 0 aromatic heterocycles. The summed E-state index contributed by atoms with van der Waals surface area (Å²) in [6.45, 7) is 22.6. The van der Waals surface area contributed by atoms with Crippen LogP contribution in [0.5, 0.6) is 0 Å². The van der Waals surface area contributed by atoms with Crippen LogP contribution in [-0.4, -0.2) is 42.9 Å². The van der Waals surface area contributed by atoms with Gasteiger partial charge in [-0.05, 0) is 50.2 Å². The van der Waals surface area contributed by atoms with Gasteiger partial charge in [-0.15, -0.1) is 0 Å². The van der Waals surface area contributed by atoms with Gasteiger partial charge in [-0.25, -0.2) is 0 Å². The van der Waals surface area contributed by atoms with E-state index in [1.54, 1.807) is 0 Å². The smallest absolute Gasteiger partial charge is 0.501 e. The molecule has 0 aliphatic heterocycles. The molecule has 0 amide bonds. The average molecular weight is 435 g/mol. The van der Waals surface area contributed by atoms with Gasteiger partial charge in [-0.2, -0.15) is 0 Å². The quantitative estimate of drug-likeness (QED) is 0.301. The summed E-state index contributed by atoms with van der Waals surface area (Å²) in [6, 6.07) is 2.48. The molecule has 0 saturated carbocycles. The third kappa shape index (κ3) is 9.07. The second-order valence-electron chi connectivity index (χ2n) is 8.92. The van der Waals surface area contributed by atoms with E-state index in [2.05, 4.69) is 41.5 Å². The van der Waals surface area contributed by atoms with Crippen LogP contribution in [-0.2, 0) is 22.5 Å². The Hall–Kier alpha value is -0.216. The van der Waals surface area contributed by atoms with E-state index in [0.29, 0.717) is 43.2 Å². The van der Waals surface area contributed by atoms with Gasteiger partial charge < -0.3 is 17.7 Å². The summed E-state index contributed by atoms with van der Waals surface area (Å²) in [5.74, 6) is 0.609. The summed E-state index contributed by atoms with van der Waals surface area (Å²) < 4.78 is 24.2. The third-order valence-corrected chi connectivity index (χ3v) is 13.9. The maximum atomic E-state index is 13.2. The lowest BCUT2D eigenvalue weighted by Crippen LogP contribution is -2.50. The van der Waals surface area contributed by atoms with Gasteiger partial charge in [0.1, 0.15) is 0 Å². The van der Waals surface area contributed by atoms with Crippen molar-refractivity contribution in [2.75, 3.05) is 19.8 Å². The lowest BCUT2D eigenvalue weighted by Gasteiger charge is -2.38. The first-order valence-electron chi connectivity index (χ1n) is 11.1. The van der Waals surface area contributed by atoms with Crippen LogP contribution in [0, 0.1) is 17.8 Å². The summed E-state index contributed by atoms with van der Waals surface area (Å²) in [5, 5.41) is 0. The molecule has 0 heterocycles. The summed E-state index contributed by atoms with van der Waals surface area (Å²) >= 11 is 0. The predicted molar refractivity (Wildman–Crippen MR) is 121 cm³/mol. The first-order valence-corrected chi connectivity index (χ1v) is 15.4. The number of hydrogen-bond donors (Lipinski definition) is 0. The largest absolute Gasteiger partial charge is 0.519 e. The van der Waals surface area contributed by atoms with E-state index < -0.39 is 17.1 Å². The van der Waals surface area contributed by atoms with E-state index >= 15 is 0 Å². The van der Waals surface area contributed by atoms with Crippen molar-refractivity contribution in [3.63, 3.8) is 0 Å². The summed E-state index contributed by atoms with van der Waals surface area (Å²) in [6.07, 6.45) is 0. The predicted octanol–water partition coefficient (Wildman–Crippen LogP) is 5.88. The minimum Gasteiger partial charge on any atom is -0.519 e. The van der Waals surface area contributed by atoms with Crippen molar-refractivity contribution >= 4 is 23.1 Å². The van der Waals surface area contributed by atoms with Crippen LogP contribution in [0.2, 0.25) is 23.7 Å². The summed E-state index contributed by atoms with van der Waals surface area (Å²) in [4.78, 5) is 13.2. The van der Waals surface area contributed by atoms with Crippen molar-refractivity contribution in [2.24, 2.45) is 17.8 Å². The number of carbonyl (C=O) groups is 1. The highest BCUT2D eigenvalue weighted by atomic mass is 28.4. The molecule has 0 fully saturated rings. The van der Waals surface area contributed by atoms with E-state index in [1.165, 1.54) is 0 Å². The summed E-state index contributed by atoms with van der Waals surface area (Å²) in [7, 11) is -5.09. The van der Waals surface area contributed by atoms with Crippen molar-refractivity contribution in [2.45, 2.75) is 92.9 Å². The van der Waals surface area contributed by atoms with Crippen molar-refractivity contribution in [1.82, 2.24) is 0 Å². The van der Waals surface area contributed by atoms with Crippen molar-refractivity contribution in [3.05, 3.63) is 0 Å². The van der Waals surface area contributed by atoms with Crippen LogP contribution >= 0.6 is 0 Å². The molecular weight excluding hydrogens is 388 g/mol. The van der Waals surface area contributed by atoms with Gasteiger partial charge in [-0.1, -0.05) is 48.5 Å². The van der Waals surface area contributed by atoms with Gasteiger partial charge in [0, 0.05) is 25.9 Å². The molecule has 0 radical (unpaired) electrons. The molecule has 168 valence electrons. The molecule has 0 rings (SSSR count). The highest BCUT2D eigenvalue weighted by molar-refractivity contribution is 6.76. The number of carbonyl (C=O) groups excluding carboxylic acids is 1. The topological polar surface area (TPSA) is 54.0 Å². The minimum absolute atomic E-state index is 0.113. The minimum atomic E-state index is -2.87. The molecule has 1 unspecified atom stereocenters. The highest BCUT2D eigenvalue weighted by Crippen LogP contribution is 2.37. The molecule has 0 spiro atoms. The van der Waals surface area contributed by atoms with Crippen LogP contribution < -0.4 is 0 Å². The zero-order chi connectivity index (χ0) is 22.0. The Kier molecular flexibility index (Phi) is 13.1. The first-order chi connectivity index (χ1) is 13.0. The number of hydrogen-bond acceptors (Lipinski definition) is 5. The van der Waals surface area contributed by atoms with Crippen molar-refractivity contribution < 1.29 is 22.5 Å². The van der Waals surface area contributed by atoms with Gasteiger partial charge in [0.2, 0.25) is 0 Å². The molecule has 0 aromatic carbocycles. The Morgan fingerprint density at radius 3 is 1.39 bits per heavy atom. The van der Waals surface area contributed by atoms with E-state index in [4.69, 9.17) is 17.7 Å². The SMILES string of the molecule is CCO[Si](CC(C)C(=O)O[Si](CC(C)C)(CC(C)C)C(C)C)(OCC)OCC. The molecule has 0 N–H and O–H groups in total. The maximum Gasteiger partial charge on any atom is 0.501 e. The normalized spacial score (nSPS) is 14.2. The number of rotatable bonds is 15. The molecule has 0 aliphatic carbocycles. The Morgan fingerprint density at radius 1 is 0.714 bits per heavy atom. The average Bonchev–Trinajstić information content (AvgIpc) is 2.53. The zero-order valence-electron chi connectivity index (χ0n) is 20.1. The molecule has 28 heavy (non-hydrogen) atoms. The Bertz CT molecular complexity index is 413. The van der Waals surface area contributed by atoms with Crippen LogP contribution in [0.15, 0.2) is 0 Å². The second-order valence-corrected chi connectivity index (χ2v) is 15.9. The van der Waals surface area contributed by atoms with Gasteiger partial charge in [0.05, 0.1) is 5.92 Å². The summed E-state index contributed by atoms with van der Waals surface area (Å²) in [5.41, 5.74) is 0.390. The highest BCUT2D eigenvalue weighted by Gasteiger charge is 2.47. The van der Waals surface area contributed by atoms with E-state index in [0.717, 1.165) is 12.1 Å². The Balaban J connectivity index is 5.52. The molecule has 0 aromatic rings. The molecule has 0 saturated heterocycles. The van der Waals surface area contributed by atoms with Crippen molar-refractivity contribution in [3.8, 4) is 0 Å². The van der Waals surface area contributed by atoms with E-state index in [-0.39, 0.29) is 11.9 Å². The Labute approximate surface area is 176 Å². The van der Waals surface area contributed by atoms with E-state index in [9.17, 15) is 4.79 Å². The fraction of sp³-hybridized carbons (Fsp3) is 0.952. The molecule has 5 nitrogen and oxygen atoms in total. The fourth-order valence-corrected chi connectivity index (χ4v) is 11.6. The molecule has 0 bridgehead atoms.